The molecular weight excluding hydrogens is 374 g/mol. The topological polar surface area (TPSA) is 71.5 Å². The average Bonchev–Trinajstić information content (AvgIpc) is 3.17. The molecule has 144 valence electrons. The lowest BCUT2D eigenvalue weighted by Gasteiger charge is -2.14. The highest BCUT2D eigenvalue weighted by Crippen LogP contribution is 2.24. The number of esters is 1. The van der Waals surface area contributed by atoms with E-state index in [-0.39, 0.29) is 0 Å². The van der Waals surface area contributed by atoms with Crippen molar-refractivity contribution in [3.05, 3.63) is 65.5 Å². The van der Waals surface area contributed by atoms with Gasteiger partial charge in [0.2, 0.25) is 0 Å². The molecule has 28 heavy (non-hydrogen) atoms. The van der Waals surface area contributed by atoms with Gasteiger partial charge in [-0.15, -0.1) is 11.3 Å². The number of nitrogens with zero attached hydrogens (tertiary/aromatic N) is 2. The Morgan fingerprint density at radius 1 is 1.07 bits per heavy atom. The van der Waals surface area contributed by atoms with Gasteiger partial charge in [0.15, 0.2) is 11.2 Å². The molecule has 1 amide bonds. The predicted molar refractivity (Wildman–Crippen MR) is 112 cm³/mol. The summed E-state index contributed by atoms with van der Waals surface area (Å²) in [5.74, 6) is -0.968. The predicted octanol–water partition coefficient (Wildman–Crippen LogP) is 4.06. The first-order valence-electron chi connectivity index (χ1n) is 8.74. The van der Waals surface area contributed by atoms with Gasteiger partial charge in [0.05, 0.1) is 11.3 Å². The first-order chi connectivity index (χ1) is 13.4. The number of carbonyl (C=O) groups is 2. The molecule has 0 aliphatic heterocycles. The molecule has 6 nitrogen and oxygen atoms in total. The van der Waals surface area contributed by atoms with Crippen LogP contribution in [-0.2, 0) is 9.53 Å². The fourth-order valence-corrected chi connectivity index (χ4v) is 3.18. The fourth-order valence-electron chi connectivity index (χ4n) is 2.46. The summed E-state index contributed by atoms with van der Waals surface area (Å²) >= 11 is 1.32. The van der Waals surface area contributed by atoms with E-state index in [1.807, 2.05) is 66.8 Å². The highest BCUT2D eigenvalue weighted by Gasteiger charge is 2.20. The summed E-state index contributed by atoms with van der Waals surface area (Å²) in [5, 5.41) is 5.03. The standard InChI is InChI=1S/C21H21N3O3S/c1-14(27-20(26)16-9-11-17(12-10-16)24(2)3)19(25)23-21-22-18(13-28-21)15-7-5-4-6-8-15/h4-14H,1-3H3,(H,22,23,25). The van der Waals surface area contributed by atoms with Crippen LogP contribution in [0.25, 0.3) is 11.3 Å². The van der Waals surface area contributed by atoms with E-state index in [1.165, 1.54) is 18.3 Å². The van der Waals surface area contributed by atoms with E-state index in [9.17, 15) is 9.59 Å². The highest BCUT2D eigenvalue weighted by atomic mass is 32.1. The second-order valence-electron chi connectivity index (χ2n) is 6.38. The molecule has 3 rings (SSSR count). The zero-order chi connectivity index (χ0) is 20.1. The molecular formula is C21H21N3O3S. The van der Waals surface area contributed by atoms with E-state index in [0.717, 1.165) is 16.9 Å². The average molecular weight is 395 g/mol. The second-order valence-corrected chi connectivity index (χ2v) is 7.24. The number of aromatic nitrogens is 1. The van der Waals surface area contributed by atoms with Crippen molar-refractivity contribution in [2.24, 2.45) is 0 Å². The molecule has 0 aliphatic carbocycles. The first-order valence-corrected chi connectivity index (χ1v) is 9.62. The smallest absolute Gasteiger partial charge is 0.338 e. The molecule has 1 N–H and O–H groups in total. The molecule has 1 atom stereocenters. The molecule has 0 saturated heterocycles. The van der Waals surface area contributed by atoms with Crippen LogP contribution in [0.1, 0.15) is 17.3 Å². The Morgan fingerprint density at radius 2 is 1.75 bits per heavy atom. The SMILES string of the molecule is CC(OC(=O)c1ccc(N(C)C)cc1)C(=O)Nc1nc(-c2ccccc2)cs1. The third-order valence-corrected chi connectivity index (χ3v) is 4.83. The van der Waals surface area contributed by atoms with E-state index in [1.54, 1.807) is 12.1 Å². The number of ether oxygens (including phenoxy) is 1. The second kappa shape index (κ2) is 8.67. The summed E-state index contributed by atoms with van der Waals surface area (Å²) in [4.78, 5) is 30.9. The van der Waals surface area contributed by atoms with E-state index in [4.69, 9.17) is 4.74 Å². The minimum absolute atomic E-state index is 0.394. The van der Waals surface area contributed by atoms with Gasteiger partial charge in [-0.3, -0.25) is 10.1 Å². The summed E-state index contributed by atoms with van der Waals surface area (Å²) in [6.07, 6.45) is -0.940. The van der Waals surface area contributed by atoms with Gasteiger partial charge in [-0.05, 0) is 31.2 Å². The van der Waals surface area contributed by atoms with Gasteiger partial charge in [-0.2, -0.15) is 0 Å². The van der Waals surface area contributed by atoms with Crippen molar-refractivity contribution in [1.82, 2.24) is 4.98 Å². The normalized spacial score (nSPS) is 11.5. The van der Waals surface area contributed by atoms with Crippen molar-refractivity contribution in [2.45, 2.75) is 13.0 Å². The third kappa shape index (κ3) is 4.75. The molecule has 0 fully saturated rings. The van der Waals surface area contributed by atoms with Crippen LogP contribution in [0, 0.1) is 0 Å². The van der Waals surface area contributed by atoms with E-state index in [2.05, 4.69) is 10.3 Å². The molecule has 1 aromatic heterocycles. The summed E-state index contributed by atoms with van der Waals surface area (Å²) < 4.78 is 5.27. The van der Waals surface area contributed by atoms with Crippen molar-refractivity contribution < 1.29 is 14.3 Å². The number of anilines is 2. The van der Waals surface area contributed by atoms with Crippen molar-refractivity contribution >= 4 is 34.0 Å². The summed E-state index contributed by atoms with van der Waals surface area (Å²) in [6.45, 7) is 1.53. The van der Waals surface area contributed by atoms with Gasteiger partial charge in [0, 0.05) is 30.7 Å². The molecule has 0 saturated carbocycles. The zero-order valence-corrected chi connectivity index (χ0v) is 16.7. The molecule has 3 aromatic rings. The van der Waals surface area contributed by atoms with Gasteiger partial charge in [0.1, 0.15) is 0 Å². The number of rotatable bonds is 6. The van der Waals surface area contributed by atoms with E-state index < -0.39 is 18.0 Å². The lowest BCUT2D eigenvalue weighted by atomic mass is 10.2. The van der Waals surface area contributed by atoms with Crippen LogP contribution < -0.4 is 10.2 Å². The van der Waals surface area contributed by atoms with Crippen LogP contribution in [0.2, 0.25) is 0 Å². The van der Waals surface area contributed by atoms with Crippen LogP contribution in [0.5, 0.6) is 0 Å². The quantitative estimate of drug-likeness (QED) is 0.637. The molecule has 0 bridgehead atoms. The molecule has 1 heterocycles. The first kappa shape index (κ1) is 19.6. The lowest BCUT2D eigenvalue weighted by Crippen LogP contribution is -2.30. The largest absolute Gasteiger partial charge is 0.449 e. The van der Waals surface area contributed by atoms with Gasteiger partial charge < -0.3 is 9.64 Å². The van der Waals surface area contributed by atoms with Crippen LogP contribution in [0.3, 0.4) is 0 Å². The fraction of sp³-hybridized carbons (Fsp3) is 0.190. The lowest BCUT2D eigenvalue weighted by molar-refractivity contribution is -0.123. The Labute approximate surface area is 167 Å². The van der Waals surface area contributed by atoms with Crippen molar-refractivity contribution in [3.8, 4) is 11.3 Å². The third-order valence-electron chi connectivity index (χ3n) is 4.08. The minimum Gasteiger partial charge on any atom is -0.449 e. The molecule has 0 radical (unpaired) electrons. The van der Waals surface area contributed by atoms with Gasteiger partial charge in [-0.1, -0.05) is 30.3 Å². The van der Waals surface area contributed by atoms with Crippen LogP contribution in [0.4, 0.5) is 10.8 Å². The van der Waals surface area contributed by atoms with Crippen molar-refractivity contribution in [1.29, 1.82) is 0 Å². The zero-order valence-electron chi connectivity index (χ0n) is 15.9. The number of amides is 1. The maximum Gasteiger partial charge on any atom is 0.338 e. The highest BCUT2D eigenvalue weighted by molar-refractivity contribution is 7.14. The summed E-state index contributed by atoms with van der Waals surface area (Å²) in [7, 11) is 3.84. The van der Waals surface area contributed by atoms with Gasteiger partial charge in [-0.25, -0.2) is 9.78 Å². The molecule has 0 aliphatic rings. The van der Waals surface area contributed by atoms with Crippen LogP contribution in [0.15, 0.2) is 60.0 Å². The Morgan fingerprint density at radius 3 is 2.39 bits per heavy atom. The van der Waals surface area contributed by atoms with Crippen molar-refractivity contribution in [2.75, 3.05) is 24.3 Å². The minimum atomic E-state index is -0.940. The number of hydrogen-bond donors (Lipinski definition) is 1. The Hall–Kier alpha value is -3.19. The Bertz CT molecular complexity index is 953. The molecule has 7 heteroatoms. The maximum atomic E-state index is 12.3. The Balaban J connectivity index is 1.58. The van der Waals surface area contributed by atoms with Crippen LogP contribution >= 0.6 is 11.3 Å². The monoisotopic (exact) mass is 395 g/mol. The van der Waals surface area contributed by atoms with E-state index >= 15 is 0 Å². The number of benzene rings is 2. The van der Waals surface area contributed by atoms with Gasteiger partial charge in [0.25, 0.3) is 5.91 Å². The molecule has 0 spiro atoms. The number of hydrogen-bond acceptors (Lipinski definition) is 6. The van der Waals surface area contributed by atoms with E-state index in [0.29, 0.717) is 10.7 Å². The van der Waals surface area contributed by atoms with Crippen molar-refractivity contribution in [3.63, 3.8) is 0 Å². The maximum absolute atomic E-state index is 12.3. The number of nitrogens with one attached hydrogen (secondary N) is 1. The summed E-state index contributed by atoms with van der Waals surface area (Å²) in [6, 6.07) is 16.7. The summed E-state index contributed by atoms with van der Waals surface area (Å²) in [5.41, 5.74) is 3.12. The number of carbonyl (C=O) groups excluding carboxylic acids is 2. The van der Waals surface area contributed by atoms with Crippen LogP contribution in [-0.4, -0.2) is 37.1 Å². The van der Waals surface area contributed by atoms with Gasteiger partial charge >= 0.3 is 5.97 Å². The number of thiazole rings is 1. The Kier molecular flexibility index (Phi) is 6.06. The molecule has 1 unspecified atom stereocenters. The molecule has 2 aromatic carbocycles.